The van der Waals surface area contributed by atoms with Gasteiger partial charge in [0.1, 0.15) is 0 Å². The molecule has 0 aromatic rings. The van der Waals surface area contributed by atoms with Crippen LogP contribution in [0.3, 0.4) is 0 Å². The van der Waals surface area contributed by atoms with Crippen molar-refractivity contribution in [3.8, 4) is 0 Å². The Morgan fingerprint density at radius 1 is 1.50 bits per heavy atom. The van der Waals surface area contributed by atoms with Crippen molar-refractivity contribution in [2.24, 2.45) is 0 Å². The van der Waals surface area contributed by atoms with Gasteiger partial charge in [-0.2, -0.15) is 0 Å². The molecule has 0 spiro atoms. The number of nitrogens with one attached hydrogen (secondary N) is 1. The van der Waals surface area contributed by atoms with Gasteiger partial charge in [-0.3, -0.25) is 0 Å². The van der Waals surface area contributed by atoms with Gasteiger partial charge in [0.05, 0.1) is 6.10 Å². The maximum absolute atomic E-state index is 9.02. The van der Waals surface area contributed by atoms with E-state index in [9.17, 15) is 0 Å². The zero-order chi connectivity index (χ0) is 8.81. The van der Waals surface area contributed by atoms with Crippen LogP contribution in [-0.4, -0.2) is 37.0 Å². The van der Waals surface area contributed by atoms with Gasteiger partial charge < -0.3 is 15.2 Å². The third-order valence-electron chi connectivity index (χ3n) is 2.22. The maximum Gasteiger partial charge on any atom is 0.0524 e. The first kappa shape index (κ1) is 9.96. The molecular weight excluding hydrogens is 154 g/mol. The lowest BCUT2D eigenvalue weighted by Crippen LogP contribution is -2.36. The van der Waals surface area contributed by atoms with Crippen molar-refractivity contribution >= 4 is 0 Å². The first-order chi connectivity index (χ1) is 5.79. The van der Waals surface area contributed by atoms with Gasteiger partial charge in [-0.05, 0) is 32.7 Å². The molecule has 1 heterocycles. The van der Waals surface area contributed by atoms with E-state index >= 15 is 0 Å². The summed E-state index contributed by atoms with van der Waals surface area (Å²) in [6, 6.07) is 0.609. The second-order valence-corrected chi connectivity index (χ2v) is 3.48. The molecule has 1 aliphatic rings. The second-order valence-electron chi connectivity index (χ2n) is 3.48. The number of hydrogen-bond acceptors (Lipinski definition) is 3. The Balaban J connectivity index is 1.98. The van der Waals surface area contributed by atoms with E-state index in [0.29, 0.717) is 6.04 Å². The molecule has 0 aliphatic carbocycles. The SMILES string of the molecule is CC(O)CCNC1CCOCC1. The fraction of sp³-hybridized carbons (Fsp3) is 1.00. The van der Waals surface area contributed by atoms with Crippen molar-refractivity contribution in [2.75, 3.05) is 19.8 Å². The number of aliphatic hydroxyl groups excluding tert-OH is 1. The third-order valence-corrected chi connectivity index (χ3v) is 2.22. The summed E-state index contributed by atoms with van der Waals surface area (Å²) in [6.07, 6.45) is 2.88. The van der Waals surface area contributed by atoms with Crippen LogP contribution in [-0.2, 0) is 4.74 Å². The van der Waals surface area contributed by atoms with Gasteiger partial charge in [0.15, 0.2) is 0 Å². The lowest BCUT2D eigenvalue weighted by molar-refractivity contribution is 0.0767. The molecule has 3 nitrogen and oxygen atoms in total. The average molecular weight is 173 g/mol. The van der Waals surface area contributed by atoms with E-state index in [1.165, 1.54) is 0 Å². The summed E-state index contributed by atoms with van der Waals surface area (Å²) in [5.41, 5.74) is 0. The second kappa shape index (κ2) is 5.51. The molecule has 1 rings (SSSR count). The van der Waals surface area contributed by atoms with E-state index in [4.69, 9.17) is 9.84 Å². The molecular formula is C9H19NO2. The van der Waals surface area contributed by atoms with Gasteiger partial charge >= 0.3 is 0 Å². The standard InChI is InChI=1S/C9H19NO2/c1-8(11)2-5-10-9-3-6-12-7-4-9/h8-11H,2-7H2,1H3. The van der Waals surface area contributed by atoms with Gasteiger partial charge in [-0.15, -0.1) is 0 Å². The summed E-state index contributed by atoms with van der Waals surface area (Å²) in [5, 5.41) is 12.4. The first-order valence-electron chi connectivity index (χ1n) is 4.78. The molecule has 72 valence electrons. The fourth-order valence-electron chi connectivity index (χ4n) is 1.40. The quantitative estimate of drug-likeness (QED) is 0.651. The Hall–Kier alpha value is -0.120. The topological polar surface area (TPSA) is 41.5 Å². The van der Waals surface area contributed by atoms with Gasteiger partial charge in [0, 0.05) is 19.3 Å². The van der Waals surface area contributed by atoms with Crippen molar-refractivity contribution in [1.29, 1.82) is 0 Å². The Labute approximate surface area is 74.1 Å². The molecule has 1 fully saturated rings. The molecule has 12 heavy (non-hydrogen) atoms. The normalized spacial score (nSPS) is 22.5. The van der Waals surface area contributed by atoms with E-state index in [1.807, 2.05) is 6.92 Å². The van der Waals surface area contributed by atoms with Gasteiger partial charge in [0.2, 0.25) is 0 Å². The van der Waals surface area contributed by atoms with Crippen LogP contribution in [0.15, 0.2) is 0 Å². The smallest absolute Gasteiger partial charge is 0.0524 e. The van der Waals surface area contributed by atoms with Crippen molar-refractivity contribution in [1.82, 2.24) is 5.32 Å². The highest BCUT2D eigenvalue weighted by atomic mass is 16.5. The Bertz CT molecular complexity index is 111. The predicted molar refractivity (Wildman–Crippen MR) is 48.1 cm³/mol. The Morgan fingerprint density at radius 3 is 2.75 bits per heavy atom. The van der Waals surface area contributed by atoms with Crippen LogP contribution in [0.25, 0.3) is 0 Å². The molecule has 2 N–H and O–H groups in total. The number of hydrogen-bond donors (Lipinski definition) is 2. The summed E-state index contributed by atoms with van der Waals surface area (Å²) < 4.78 is 5.24. The summed E-state index contributed by atoms with van der Waals surface area (Å²) in [6.45, 7) is 4.51. The zero-order valence-corrected chi connectivity index (χ0v) is 7.75. The molecule has 0 aromatic heterocycles. The molecule has 0 saturated carbocycles. The summed E-state index contributed by atoms with van der Waals surface area (Å²) in [5.74, 6) is 0. The molecule has 3 heteroatoms. The van der Waals surface area contributed by atoms with Crippen LogP contribution < -0.4 is 5.32 Å². The predicted octanol–water partition coefficient (Wildman–Crippen LogP) is 0.526. The van der Waals surface area contributed by atoms with Gasteiger partial charge in [0.25, 0.3) is 0 Å². The molecule has 0 bridgehead atoms. The van der Waals surface area contributed by atoms with Crippen LogP contribution in [0.1, 0.15) is 26.2 Å². The Kier molecular flexibility index (Phi) is 4.58. The van der Waals surface area contributed by atoms with Crippen molar-refractivity contribution in [3.63, 3.8) is 0 Å². The molecule has 1 unspecified atom stereocenters. The lowest BCUT2D eigenvalue weighted by Gasteiger charge is -2.23. The minimum atomic E-state index is -0.183. The largest absolute Gasteiger partial charge is 0.393 e. The van der Waals surface area contributed by atoms with Crippen LogP contribution in [0.2, 0.25) is 0 Å². The van der Waals surface area contributed by atoms with Crippen LogP contribution in [0.4, 0.5) is 0 Å². The highest BCUT2D eigenvalue weighted by Crippen LogP contribution is 2.05. The summed E-state index contributed by atoms with van der Waals surface area (Å²) in [4.78, 5) is 0. The fourth-order valence-corrected chi connectivity index (χ4v) is 1.40. The Morgan fingerprint density at radius 2 is 2.17 bits per heavy atom. The minimum Gasteiger partial charge on any atom is -0.393 e. The van der Waals surface area contributed by atoms with Crippen molar-refractivity contribution in [2.45, 2.75) is 38.3 Å². The highest BCUT2D eigenvalue weighted by molar-refractivity contribution is 4.70. The zero-order valence-electron chi connectivity index (χ0n) is 7.75. The van der Waals surface area contributed by atoms with E-state index in [2.05, 4.69) is 5.32 Å². The molecule has 1 aliphatic heterocycles. The molecule has 1 atom stereocenters. The number of aliphatic hydroxyl groups is 1. The van der Waals surface area contributed by atoms with Crippen LogP contribution in [0, 0.1) is 0 Å². The van der Waals surface area contributed by atoms with Crippen molar-refractivity contribution < 1.29 is 9.84 Å². The van der Waals surface area contributed by atoms with E-state index < -0.39 is 0 Å². The van der Waals surface area contributed by atoms with Crippen LogP contribution in [0.5, 0.6) is 0 Å². The minimum absolute atomic E-state index is 0.183. The number of ether oxygens (including phenoxy) is 1. The third kappa shape index (κ3) is 4.04. The van der Waals surface area contributed by atoms with Crippen molar-refractivity contribution in [3.05, 3.63) is 0 Å². The first-order valence-corrected chi connectivity index (χ1v) is 4.78. The molecule has 0 radical (unpaired) electrons. The van der Waals surface area contributed by atoms with Gasteiger partial charge in [-0.1, -0.05) is 0 Å². The van der Waals surface area contributed by atoms with Crippen LogP contribution >= 0.6 is 0 Å². The maximum atomic E-state index is 9.02. The summed E-state index contributed by atoms with van der Waals surface area (Å²) in [7, 11) is 0. The molecule has 0 amide bonds. The van der Waals surface area contributed by atoms with E-state index in [0.717, 1.165) is 39.0 Å². The molecule has 0 aromatic carbocycles. The summed E-state index contributed by atoms with van der Waals surface area (Å²) >= 11 is 0. The average Bonchev–Trinajstić information content (AvgIpc) is 2.05. The van der Waals surface area contributed by atoms with Gasteiger partial charge in [-0.25, -0.2) is 0 Å². The monoisotopic (exact) mass is 173 g/mol. The number of rotatable bonds is 4. The highest BCUT2D eigenvalue weighted by Gasteiger charge is 2.12. The molecule has 1 saturated heterocycles. The lowest BCUT2D eigenvalue weighted by atomic mass is 10.1. The van der Waals surface area contributed by atoms with E-state index in [-0.39, 0.29) is 6.10 Å². The van der Waals surface area contributed by atoms with E-state index in [1.54, 1.807) is 0 Å².